The van der Waals surface area contributed by atoms with Crippen LogP contribution < -0.4 is 10.6 Å². The van der Waals surface area contributed by atoms with Crippen molar-refractivity contribution in [3.63, 3.8) is 0 Å². The van der Waals surface area contributed by atoms with Gasteiger partial charge >= 0.3 is 6.18 Å². The molecular weight excluding hydrogens is 489 g/mol. The maximum Gasteiger partial charge on any atom is 0.417 e. The summed E-state index contributed by atoms with van der Waals surface area (Å²) in [4.78, 5) is 16.8. The number of rotatable bonds is 5. The van der Waals surface area contributed by atoms with Crippen LogP contribution in [0.3, 0.4) is 0 Å². The van der Waals surface area contributed by atoms with Gasteiger partial charge in [-0.15, -0.1) is 0 Å². The van der Waals surface area contributed by atoms with Crippen molar-refractivity contribution in [2.75, 3.05) is 18.4 Å². The van der Waals surface area contributed by atoms with Gasteiger partial charge in [-0.1, -0.05) is 18.2 Å². The number of piperidine rings is 1. The largest absolute Gasteiger partial charge is 0.417 e. The Morgan fingerprint density at radius 1 is 1.14 bits per heavy atom. The monoisotopic (exact) mass is 514 g/mol. The molecule has 2 aliphatic heterocycles. The molecule has 188 valence electrons. The number of fused-ring (bicyclic) bond motifs is 1. The number of β-amino-alcohol motifs (C(OH)–C–C–N with tert-alkyl or cyclic N) is 1. The second-order valence-corrected chi connectivity index (χ2v) is 10.2. The van der Waals surface area contributed by atoms with Crippen molar-refractivity contribution in [1.82, 2.24) is 14.6 Å². The number of benzene rings is 2. The first kappa shape index (κ1) is 24.6. The first-order valence-corrected chi connectivity index (χ1v) is 12.4. The number of aryl methyl sites for hydroxylation is 1. The lowest BCUT2D eigenvalue weighted by atomic mass is 9.96. The molecule has 3 aromatic rings. The molecule has 10 heteroatoms. The molecular formula is C26H25F3N4O2S. The number of carbonyl (C=O) groups is 1. The molecule has 6 nitrogen and oxygen atoms in total. The molecule has 0 bridgehead atoms. The van der Waals surface area contributed by atoms with Crippen LogP contribution in [0.5, 0.6) is 0 Å². The molecule has 2 atom stereocenters. The number of aliphatic hydroxyl groups excluding tert-OH is 1. The van der Waals surface area contributed by atoms with E-state index in [1.165, 1.54) is 6.07 Å². The molecule has 0 spiro atoms. The Morgan fingerprint density at radius 2 is 1.92 bits per heavy atom. The highest BCUT2D eigenvalue weighted by Crippen LogP contribution is 2.32. The summed E-state index contributed by atoms with van der Waals surface area (Å²) >= 11 is 1.56. The lowest BCUT2D eigenvalue weighted by molar-refractivity contribution is -0.137. The minimum atomic E-state index is -4.43. The molecule has 0 radical (unpaired) electrons. The number of nitrogens with zero attached hydrogens (tertiary/aromatic N) is 2. The maximum absolute atomic E-state index is 12.7. The van der Waals surface area contributed by atoms with Gasteiger partial charge < -0.3 is 15.7 Å². The zero-order chi connectivity index (χ0) is 25.4. The fourth-order valence-electron chi connectivity index (χ4n) is 4.60. The summed E-state index contributed by atoms with van der Waals surface area (Å²) in [6.45, 7) is 3.62. The van der Waals surface area contributed by atoms with Crippen LogP contribution in [0.1, 0.15) is 33.5 Å². The van der Waals surface area contributed by atoms with Gasteiger partial charge in [0, 0.05) is 36.3 Å². The van der Waals surface area contributed by atoms with E-state index in [4.69, 9.17) is 0 Å². The van der Waals surface area contributed by atoms with Crippen molar-refractivity contribution in [3.8, 4) is 11.1 Å². The average molecular weight is 515 g/mol. The van der Waals surface area contributed by atoms with Gasteiger partial charge in [-0.25, -0.2) is 9.29 Å². The maximum atomic E-state index is 12.7. The summed E-state index contributed by atoms with van der Waals surface area (Å²) in [6, 6.07) is 14.2. The molecule has 1 fully saturated rings. The minimum Gasteiger partial charge on any atom is -0.390 e. The van der Waals surface area contributed by atoms with Gasteiger partial charge in [0.15, 0.2) is 0 Å². The Labute approximate surface area is 211 Å². The van der Waals surface area contributed by atoms with Gasteiger partial charge in [0.05, 0.1) is 17.7 Å². The smallest absolute Gasteiger partial charge is 0.390 e. The molecule has 1 aromatic heterocycles. The Hall–Kier alpha value is -3.08. The summed E-state index contributed by atoms with van der Waals surface area (Å²) in [5.74, 6) is 0.295. The second kappa shape index (κ2) is 9.76. The summed E-state index contributed by atoms with van der Waals surface area (Å²) in [5.41, 5.74) is 4.09. The zero-order valence-corrected chi connectivity index (χ0v) is 20.3. The SMILES string of the molecule is Cc1cc(-c2ccc(SN3CCC(Nc4ccc(C(F)(F)F)cn4)C(O)C3)cc2)cc2c1C(=O)NC2. The predicted octanol–water partition coefficient (Wildman–Crippen LogP) is 4.87. The Morgan fingerprint density at radius 3 is 2.58 bits per heavy atom. The lowest BCUT2D eigenvalue weighted by Gasteiger charge is -2.35. The number of hydrogen-bond donors (Lipinski definition) is 3. The van der Waals surface area contributed by atoms with E-state index in [2.05, 4.69) is 38.1 Å². The van der Waals surface area contributed by atoms with E-state index in [0.717, 1.165) is 45.0 Å². The van der Waals surface area contributed by atoms with Crippen molar-refractivity contribution in [2.24, 2.45) is 0 Å². The number of anilines is 1. The minimum absolute atomic E-state index is 0.0161. The Kier molecular flexibility index (Phi) is 6.67. The van der Waals surface area contributed by atoms with Gasteiger partial charge in [0.1, 0.15) is 5.82 Å². The number of amides is 1. The van der Waals surface area contributed by atoms with Crippen LogP contribution >= 0.6 is 11.9 Å². The van der Waals surface area contributed by atoms with Crippen molar-refractivity contribution in [2.45, 2.75) is 43.1 Å². The number of alkyl halides is 3. The zero-order valence-electron chi connectivity index (χ0n) is 19.5. The van der Waals surface area contributed by atoms with Crippen LogP contribution in [0.4, 0.5) is 19.0 Å². The number of aliphatic hydroxyl groups is 1. The standard InChI is InChI=1S/C26H25F3N4O2S/c1-15-10-17(11-18-12-31-25(35)24(15)18)16-2-5-20(6-3-16)36-33-9-8-21(22(34)14-33)32-23-7-4-19(13-30-23)26(27,28)29/h2-7,10-11,13,21-22,34H,8-9,12,14H2,1H3,(H,30,32)(H,31,35). The summed E-state index contributed by atoms with van der Waals surface area (Å²) < 4.78 is 40.3. The van der Waals surface area contributed by atoms with Gasteiger partial charge in [0.2, 0.25) is 0 Å². The topological polar surface area (TPSA) is 77.5 Å². The third-order valence-electron chi connectivity index (χ3n) is 6.47. The van der Waals surface area contributed by atoms with Crippen LogP contribution in [0.2, 0.25) is 0 Å². The van der Waals surface area contributed by atoms with E-state index in [1.54, 1.807) is 11.9 Å². The van der Waals surface area contributed by atoms with E-state index in [1.807, 2.05) is 25.1 Å². The molecule has 0 aliphatic carbocycles. The molecule has 2 aromatic carbocycles. The molecule has 3 N–H and O–H groups in total. The van der Waals surface area contributed by atoms with E-state index in [-0.39, 0.29) is 11.9 Å². The number of pyridine rings is 1. The molecule has 3 heterocycles. The number of halogens is 3. The molecule has 0 saturated carbocycles. The number of carbonyl (C=O) groups excluding carboxylic acids is 1. The van der Waals surface area contributed by atoms with Crippen LogP contribution in [-0.4, -0.2) is 45.5 Å². The van der Waals surface area contributed by atoms with Crippen molar-refractivity contribution < 1.29 is 23.1 Å². The highest BCUT2D eigenvalue weighted by atomic mass is 32.2. The van der Waals surface area contributed by atoms with Crippen LogP contribution in [0.25, 0.3) is 11.1 Å². The highest BCUT2D eigenvalue weighted by molar-refractivity contribution is 7.97. The first-order valence-electron chi connectivity index (χ1n) is 11.6. The van der Waals surface area contributed by atoms with E-state index < -0.39 is 17.8 Å². The normalized spacial score (nSPS) is 20.2. The number of aromatic nitrogens is 1. The lowest BCUT2D eigenvalue weighted by Crippen LogP contribution is -2.47. The van der Waals surface area contributed by atoms with Crippen molar-refractivity contribution in [1.29, 1.82) is 0 Å². The third kappa shape index (κ3) is 5.21. The molecule has 1 amide bonds. The fraction of sp³-hybridized carbons (Fsp3) is 0.308. The number of nitrogens with one attached hydrogen (secondary N) is 2. The van der Waals surface area contributed by atoms with Crippen molar-refractivity contribution in [3.05, 3.63) is 77.0 Å². The predicted molar refractivity (Wildman–Crippen MR) is 132 cm³/mol. The molecule has 36 heavy (non-hydrogen) atoms. The molecule has 5 rings (SSSR count). The number of hydrogen-bond acceptors (Lipinski definition) is 6. The van der Waals surface area contributed by atoms with Crippen LogP contribution in [0.15, 0.2) is 59.6 Å². The van der Waals surface area contributed by atoms with Gasteiger partial charge in [-0.2, -0.15) is 13.2 Å². The first-order chi connectivity index (χ1) is 17.2. The molecule has 1 saturated heterocycles. The van der Waals surface area contributed by atoms with E-state index in [9.17, 15) is 23.1 Å². The molecule has 2 aliphatic rings. The van der Waals surface area contributed by atoms with Gasteiger partial charge in [-0.05, 0) is 77.9 Å². The highest BCUT2D eigenvalue weighted by Gasteiger charge is 2.32. The van der Waals surface area contributed by atoms with Gasteiger partial charge in [0.25, 0.3) is 5.91 Å². The Bertz CT molecular complexity index is 1270. The molecule has 2 unspecified atom stereocenters. The van der Waals surface area contributed by atoms with E-state index in [0.29, 0.717) is 31.9 Å². The van der Waals surface area contributed by atoms with E-state index >= 15 is 0 Å². The van der Waals surface area contributed by atoms with Crippen LogP contribution in [-0.2, 0) is 12.7 Å². The van der Waals surface area contributed by atoms with Crippen LogP contribution in [0, 0.1) is 6.92 Å². The second-order valence-electron chi connectivity index (χ2n) is 9.05. The Balaban J connectivity index is 1.18. The van der Waals surface area contributed by atoms with Crippen molar-refractivity contribution >= 4 is 23.7 Å². The summed E-state index contributed by atoms with van der Waals surface area (Å²) in [5, 5.41) is 16.5. The summed E-state index contributed by atoms with van der Waals surface area (Å²) in [6.07, 6.45) is -3.70. The quantitative estimate of drug-likeness (QED) is 0.422. The summed E-state index contributed by atoms with van der Waals surface area (Å²) in [7, 11) is 0. The average Bonchev–Trinajstić information content (AvgIpc) is 3.22. The fourth-order valence-corrected chi connectivity index (χ4v) is 5.58. The third-order valence-corrected chi connectivity index (χ3v) is 7.55. The van der Waals surface area contributed by atoms with Gasteiger partial charge in [-0.3, -0.25) is 4.79 Å².